The second-order valence-electron chi connectivity index (χ2n) is 3.63. The van der Waals surface area contributed by atoms with Crippen LogP contribution in [-0.4, -0.2) is 30.1 Å². The highest BCUT2D eigenvalue weighted by atomic mass is 19.4. The maximum atomic E-state index is 13.2. The van der Waals surface area contributed by atoms with Crippen LogP contribution < -0.4 is 0 Å². The molecule has 0 heterocycles. The predicted octanol–water partition coefficient (Wildman–Crippen LogP) is 5.26. The van der Waals surface area contributed by atoms with Crippen molar-refractivity contribution in [3.8, 4) is 0 Å². The van der Waals surface area contributed by atoms with Crippen LogP contribution in [0.3, 0.4) is 0 Å². The van der Waals surface area contributed by atoms with Crippen molar-refractivity contribution in [1.82, 2.24) is 0 Å². The molecule has 0 spiro atoms. The molecular weight excluding hydrogens is 343 g/mol. The van der Waals surface area contributed by atoms with Crippen LogP contribution in [-0.2, 0) is 0 Å². The molecule has 0 nitrogen and oxygen atoms in total. The molecule has 0 aromatic heterocycles. The number of hydrogen-bond acceptors (Lipinski definition) is 0. The fourth-order valence-electron chi connectivity index (χ4n) is 1.26. The van der Waals surface area contributed by atoms with Crippen LogP contribution >= 0.6 is 0 Å². The van der Waals surface area contributed by atoms with Crippen LogP contribution in [0.1, 0.15) is 6.92 Å². The molecule has 0 saturated carbocycles. The molecule has 0 aliphatic heterocycles. The van der Waals surface area contributed by atoms with E-state index in [9.17, 15) is 57.1 Å². The van der Waals surface area contributed by atoms with Gasteiger partial charge in [-0.25, -0.2) is 8.78 Å². The Morgan fingerprint density at radius 1 is 0.571 bits per heavy atom. The Kier molecular flexibility index (Phi) is 4.66. The summed E-state index contributed by atoms with van der Waals surface area (Å²) in [4.78, 5) is 0. The summed E-state index contributed by atoms with van der Waals surface area (Å²) in [6, 6.07) is 0. The smallest absolute Gasteiger partial charge is 0.218 e. The summed E-state index contributed by atoms with van der Waals surface area (Å²) in [5, 5.41) is 0. The third kappa shape index (κ3) is 3.05. The van der Waals surface area contributed by atoms with Crippen molar-refractivity contribution in [2.45, 2.75) is 37.0 Å². The number of hydrogen-bond donors (Lipinski definition) is 0. The zero-order valence-corrected chi connectivity index (χ0v) is 9.41. The molecule has 0 unspecified atom stereocenters. The summed E-state index contributed by atoms with van der Waals surface area (Å²) < 4.78 is 160. The molecule has 0 aromatic rings. The van der Waals surface area contributed by atoms with Gasteiger partial charge in [-0.3, -0.25) is 0 Å². The number of allylic oxidation sites excluding steroid dienone is 2. The van der Waals surface area contributed by atoms with E-state index in [0.717, 1.165) is 0 Å². The van der Waals surface area contributed by atoms with E-state index in [-0.39, 0.29) is 0 Å². The minimum Gasteiger partial charge on any atom is -0.218 e. The second kappa shape index (κ2) is 4.93. The maximum absolute atomic E-state index is 13.2. The molecule has 0 aromatic carbocycles. The highest BCUT2D eigenvalue weighted by Gasteiger charge is 2.82. The topological polar surface area (TPSA) is 0 Å². The Morgan fingerprint density at radius 2 is 0.857 bits per heavy atom. The Bertz CT molecular complexity index is 399. The molecule has 0 radical (unpaired) electrons. The molecule has 0 fully saturated rings. The molecule has 0 N–H and O–H groups in total. The van der Waals surface area contributed by atoms with E-state index >= 15 is 0 Å². The summed E-state index contributed by atoms with van der Waals surface area (Å²) in [6.07, 6.45) is -21.7. The molecular formula is C8H3F13. The SMILES string of the molecule is C/C(F)=C(/C(F)(F)C(F)(F)F)C(F)(C(F)(F)F)C(F)(F)F. The average Bonchev–Trinajstić information content (AvgIpc) is 2.10. The Hall–Kier alpha value is -1.17. The molecule has 13 heteroatoms. The lowest BCUT2D eigenvalue weighted by atomic mass is 9.87. The number of rotatable bonds is 2. The van der Waals surface area contributed by atoms with E-state index in [1.807, 2.05) is 0 Å². The van der Waals surface area contributed by atoms with Crippen LogP contribution in [0.15, 0.2) is 11.4 Å². The van der Waals surface area contributed by atoms with Gasteiger partial charge in [0.15, 0.2) is 0 Å². The van der Waals surface area contributed by atoms with E-state index < -0.39 is 48.4 Å². The molecule has 21 heavy (non-hydrogen) atoms. The first-order valence-corrected chi connectivity index (χ1v) is 4.46. The number of alkyl halides is 12. The first-order valence-electron chi connectivity index (χ1n) is 4.46. The van der Waals surface area contributed by atoms with Gasteiger partial charge in [-0.1, -0.05) is 0 Å². The third-order valence-electron chi connectivity index (χ3n) is 2.14. The minimum atomic E-state index is -7.30. The van der Waals surface area contributed by atoms with Crippen LogP contribution in [0.4, 0.5) is 57.1 Å². The third-order valence-corrected chi connectivity index (χ3v) is 2.14. The Morgan fingerprint density at radius 3 is 1.00 bits per heavy atom. The quantitative estimate of drug-likeness (QED) is 0.599. The summed E-state index contributed by atoms with van der Waals surface area (Å²) in [7, 11) is 0. The van der Waals surface area contributed by atoms with Gasteiger partial charge < -0.3 is 0 Å². The van der Waals surface area contributed by atoms with E-state index in [1.54, 1.807) is 0 Å². The highest BCUT2D eigenvalue weighted by Crippen LogP contribution is 2.58. The Labute approximate surface area is 107 Å². The van der Waals surface area contributed by atoms with Gasteiger partial charge in [0.1, 0.15) is 5.83 Å². The summed E-state index contributed by atoms with van der Waals surface area (Å²) in [6.45, 7) is -0.583. The first kappa shape index (κ1) is 19.8. The summed E-state index contributed by atoms with van der Waals surface area (Å²) in [5.41, 5.74) is -11.6. The van der Waals surface area contributed by atoms with Gasteiger partial charge >= 0.3 is 30.1 Å². The molecule has 126 valence electrons. The molecule has 0 bridgehead atoms. The number of halogens is 13. The van der Waals surface area contributed by atoms with Gasteiger partial charge in [0, 0.05) is 0 Å². The predicted molar refractivity (Wildman–Crippen MR) is 40.8 cm³/mol. The van der Waals surface area contributed by atoms with Gasteiger partial charge in [0.2, 0.25) is 0 Å². The highest BCUT2D eigenvalue weighted by molar-refractivity contribution is 5.33. The second-order valence-corrected chi connectivity index (χ2v) is 3.63. The van der Waals surface area contributed by atoms with Gasteiger partial charge in [0.25, 0.3) is 0 Å². The van der Waals surface area contributed by atoms with Crippen molar-refractivity contribution in [2.24, 2.45) is 0 Å². The largest absolute Gasteiger partial charge is 0.457 e. The molecule has 0 aliphatic rings. The zero-order valence-electron chi connectivity index (χ0n) is 9.41. The van der Waals surface area contributed by atoms with E-state index in [0.29, 0.717) is 0 Å². The molecule has 0 amide bonds. The monoisotopic (exact) mass is 346 g/mol. The van der Waals surface area contributed by atoms with Crippen molar-refractivity contribution in [2.75, 3.05) is 0 Å². The van der Waals surface area contributed by atoms with Gasteiger partial charge in [-0.15, -0.1) is 0 Å². The first-order chi connectivity index (χ1) is 8.82. The average molecular weight is 346 g/mol. The minimum absolute atomic E-state index is 0.583. The molecule has 0 saturated heterocycles. The molecule has 0 atom stereocenters. The van der Waals surface area contributed by atoms with Crippen LogP contribution in [0.5, 0.6) is 0 Å². The van der Waals surface area contributed by atoms with Crippen molar-refractivity contribution in [3.05, 3.63) is 11.4 Å². The normalized spacial score (nSPS) is 16.9. The fraction of sp³-hybridized carbons (Fsp3) is 0.750. The van der Waals surface area contributed by atoms with Crippen LogP contribution in [0.2, 0.25) is 0 Å². The summed E-state index contributed by atoms with van der Waals surface area (Å²) in [5.74, 6) is -10.3. The standard InChI is InChI=1S/C8H3F13/c1-2(9)3(5(11,12)8(19,20)21)4(10,6(13,14)15)7(16,17)18/h1H3/b3-2-. The van der Waals surface area contributed by atoms with Gasteiger partial charge in [0.05, 0.1) is 5.57 Å². The molecule has 0 rings (SSSR count). The van der Waals surface area contributed by atoms with Crippen molar-refractivity contribution < 1.29 is 57.1 Å². The maximum Gasteiger partial charge on any atom is 0.457 e. The lowest BCUT2D eigenvalue weighted by Gasteiger charge is -2.36. The summed E-state index contributed by atoms with van der Waals surface area (Å²) >= 11 is 0. The van der Waals surface area contributed by atoms with Crippen molar-refractivity contribution >= 4 is 0 Å². The van der Waals surface area contributed by atoms with E-state index in [4.69, 9.17) is 0 Å². The van der Waals surface area contributed by atoms with Crippen molar-refractivity contribution in [3.63, 3.8) is 0 Å². The van der Waals surface area contributed by atoms with Gasteiger partial charge in [-0.05, 0) is 6.92 Å². The fourth-order valence-corrected chi connectivity index (χ4v) is 1.26. The lowest BCUT2D eigenvalue weighted by molar-refractivity contribution is -0.347. The Balaban J connectivity index is 6.69. The zero-order chi connectivity index (χ0) is 17.7. The van der Waals surface area contributed by atoms with Crippen LogP contribution in [0.25, 0.3) is 0 Å². The van der Waals surface area contributed by atoms with Gasteiger partial charge in [-0.2, -0.15) is 48.3 Å². The van der Waals surface area contributed by atoms with Crippen molar-refractivity contribution in [1.29, 1.82) is 0 Å². The molecule has 0 aliphatic carbocycles. The van der Waals surface area contributed by atoms with E-state index in [1.165, 1.54) is 0 Å². The van der Waals surface area contributed by atoms with Crippen LogP contribution in [0, 0.1) is 0 Å². The van der Waals surface area contributed by atoms with E-state index in [2.05, 4.69) is 0 Å². The lowest BCUT2D eigenvalue weighted by Crippen LogP contribution is -2.60.